The standard InChI is InChI=1S/C10H9FN2O/c1-6-2-3-7(11)4-8(6)9-5-13-10(12)14-9/h2-5H,1H3,(H2,12,13). The SMILES string of the molecule is Cc1ccc(F)cc1-c1cnc(N)o1. The molecule has 1 heterocycles. The zero-order valence-electron chi connectivity index (χ0n) is 7.62. The van der Waals surface area contributed by atoms with Gasteiger partial charge in [-0.3, -0.25) is 0 Å². The molecule has 0 radical (unpaired) electrons. The Hall–Kier alpha value is -1.84. The number of hydrogen-bond acceptors (Lipinski definition) is 3. The van der Waals surface area contributed by atoms with Crippen LogP contribution in [0.3, 0.4) is 0 Å². The minimum Gasteiger partial charge on any atom is -0.424 e. The fraction of sp³-hybridized carbons (Fsp3) is 0.100. The van der Waals surface area contributed by atoms with Gasteiger partial charge in [-0.05, 0) is 24.6 Å². The maximum Gasteiger partial charge on any atom is 0.292 e. The van der Waals surface area contributed by atoms with Gasteiger partial charge in [-0.1, -0.05) is 6.07 Å². The van der Waals surface area contributed by atoms with Crippen LogP contribution in [-0.2, 0) is 0 Å². The number of aryl methyl sites for hydroxylation is 1. The molecule has 0 aliphatic rings. The molecule has 3 nitrogen and oxygen atoms in total. The summed E-state index contributed by atoms with van der Waals surface area (Å²) >= 11 is 0. The highest BCUT2D eigenvalue weighted by atomic mass is 19.1. The van der Waals surface area contributed by atoms with Crippen molar-refractivity contribution in [1.82, 2.24) is 4.98 Å². The summed E-state index contributed by atoms with van der Waals surface area (Å²) in [6, 6.07) is 4.57. The Morgan fingerprint density at radius 3 is 2.86 bits per heavy atom. The zero-order chi connectivity index (χ0) is 10.1. The average Bonchev–Trinajstić information content (AvgIpc) is 2.56. The van der Waals surface area contributed by atoms with Crippen molar-refractivity contribution in [2.24, 2.45) is 0 Å². The smallest absolute Gasteiger partial charge is 0.292 e. The van der Waals surface area contributed by atoms with Crippen LogP contribution >= 0.6 is 0 Å². The average molecular weight is 192 g/mol. The Bertz CT molecular complexity index is 465. The first-order chi connectivity index (χ1) is 6.66. The van der Waals surface area contributed by atoms with E-state index in [0.29, 0.717) is 11.3 Å². The zero-order valence-corrected chi connectivity index (χ0v) is 7.62. The van der Waals surface area contributed by atoms with Crippen molar-refractivity contribution in [2.45, 2.75) is 6.92 Å². The number of oxazole rings is 1. The Kier molecular flexibility index (Phi) is 1.96. The van der Waals surface area contributed by atoms with Crippen LogP contribution in [-0.4, -0.2) is 4.98 Å². The Balaban J connectivity index is 2.55. The molecule has 0 amide bonds. The van der Waals surface area contributed by atoms with Crippen LogP contribution in [0.25, 0.3) is 11.3 Å². The van der Waals surface area contributed by atoms with E-state index in [1.54, 1.807) is 6.07 Å². The predicted molar refractivity (Wildman–Crippen MR) is 51.0 cm³/mol. The summed E-state index contributed by atoms with van der Waals surface area (Å²) in [7, 11) is 0. The third-order valence-corrected chi connectivity index (χ3v) is 1.99. The number of nitrogen functional groups attached to an aromatic ring is 1. The molecular formula is C10H9FN2O. The van der Waals surface area contributed by atoms with E-state index in [4.69, 9.17) is 10.2 Å². The number of aromatic nitrogens is 1. The number of hydrogen-bond donors (Lipinski definition) is 1. The molecule has 0 bridgehead atoms. The second-order valence-corrected chi connectivity index (χ2v) is 3.02. The van der Waals surface area contributed by atoms with Gasteiger partial charge in [0.05, 0.1) is 6.20 Å². The van der Waals surface area contributed by atoms with Gasteiger partial charge < -0.3 is 10.2 Å². The van der Waals surface area contributed by atoms with E-state index in [1.807, 2.05) is 6.92 Å². The summed E-state index contributed by atoms with van der Waals surface area (Å²) in [5.41, 5.74) is 6.93. The molecule has 0 unspecified atom stereocenters. The number of halogens is 1. The highest BCUT2D eigenvalue weighted by molar-refractivity contribution is 5.61. The largest absolute Gasteiger partial charge is 0.424 e. The third kappa shape index (κ3) is 1.46. The number of rotatable bonds is 1. The molecular weight excluding hydrogens is 183 g/mol. The van der Waals surface area contributed by atoms with Gasteiger partial charge in [0.2, 0.25) is 0 Å². The number of anilines is 1. The van der Waals surface area contributed by atoms with Crippen LogP contribution in [0.15, 0.2) is 28.8 Å². The molecule has 72 valence electrons. The Morgan fingerprint density at radius 2 is 2.21 bits per heavy atom. The van der Waals surface area contributed by atoms with Crippen LogP contribution in [0, 0.1) is 12.7 Å². The molecule has 4 heteroatoms. The Morgan fingerprint density at radius 1 is 1.43 bits per heavy atom. The van der Waals surface area contributed by atoms with Crippen molar-refractivity contribution >= 4 is 6.01 Å². The van der Waals surface area contributed by atoms with Crippen molar-refractivity contribution in [3.63, 3.8) is 0 Å². The van der Waals surface area contributed by atoms with Crippen LogP contribution in [0.5, 0.6) is 0 Å². The molecule has 0 spiro atoms. The first kappa shape index (κ1) is 8.74. The second-order valence-electron chi connectivity index (χ2n) is 3.02. The van der Waals surface area contributed by atoms with Crippen LogP contribution < -0.4 is 5.73 Å². The molecule has 0 saturated heterocycles. The normalized spacial score (nSPS) is 10.4. The highest BCUT2D eigenvalue weighted by Gasteiger charge is 2.07. The summed E-state index contributed by atoms with van der Waals surface area (Å²) in [6.07, 6.45) is 1.48. The molecule has 2 aromatic rings. The van der Waals surface area contributed by atoms with E-state index in [2.05, 4.69) is 4.98 Å². The van der Waals surface area contributed by atoms with Crippen molar-refractivity contribution in [3.8, 4) is 11.3 Å². The minimum absolute atomic E-state index is 0.0867. The lowest BCUT2D eigenvalue weighted by atomic mass is 10.1. The van der Waals surface area contributed by atoms with Gasteiger partial charge >= 0.3 is 0 Å². The maximum absolute atomic E-state index is 12.9. The van der Waals surface area contributed by atoms with E-state index in [1.165, 1.54) is 18.3 Å². The van der Waals surface area contributed by atoms with Crippen LogP contribution in [0.2, 0.25) is 0 Å². The van der Waals surface area contributed by atoms with Gasteiger partial charge in [-0.2, -0.15) is 0 Å². The Labute approximate surface area is 80.4 Å². The third-order valence-electron chi connectivity index (χ3n) is 1.99. The summed E-state index contributed by atoms with van der Waals surface area (Å²) in [6.45, 7) is 1.87. The quantitative estimate of drug-likeness (QED) is 0.754. The van der Waals surface area contributed by atoms with Crippen LogP contribution in [0.4, 0.5) is 10.4 Å². The number of benzene rings is 1. The first-order valence-corrected chi connectivity index (χ1v) is 4.14. The summed E-state index contributed by atoms with van der Waals surface area (Å²) in [5, 5.41) is 0. The molecule has 0 atom stereocenters. The fourth-order valence-electron chi connectivity index (χ4n) is 1.27. The van der Waals surface area contributed by atoms with Crippen LogP contribution in [0.1, 0.15) is 5.56 Å². The van der Waals surface area contributed by atoms with E-state index in [-0.39, 0.29) is 11.8 Å². The first-order valence-electron chi connectivity index (χ1n) is 4.14. The van der Waals surface area contributed by atoms with Gasteiger partial charge in [0.1, 0.15) is 5.82 Å². The van der Waals surface area contributed by atoms with Crippen molar-refractivity contribution < 1.29 is 8.81 Å². The lowest BCUT2D eigenvalue weighted by molar-refractivity contribution is 0.591. The van der Waals surface area contributed by atoms with E-state index in [9.17, 15) is 4.39 Å². The summed E-state index contributed by atoms with van der Waals surface area (Å²) < 4.78 is 18.1. The van der Waals surface area contributed by atoms with Crippen molar-refractivity contribution in [2.75, 3.05) is 5.73 Å². The second kappa shape index (κ2) is 3.14. The van der Waals surface area contributed by atoms with E-state index in [0.717, 1.165) is 5.56 Å². The summed E-state index contributed by atoms with van der Waals surface area (Å²) in [4.78, 5) is 3.75. The minimum atomic E-state index is -0.305. The number of nitrogens with zero attached hydrogens (tertiary/aromatic N) is 1. The molecule has 1 aromatic carbocycles. The maximum atomic E-state index is 12.9. The topological polar surface area (TPSA) is 52.0 Å². The van der Waals surface area contributed by atoms with Gasteiger partial charge in [0.15, 0.2) is 5.76 Å². The molecule has 0 fully saturated rings. The van der Waals surface area contributed by atoms with Gasteiger partial charge in [-0.25, -0.2) is 9.37 Å². The fourth-order valence-corrected chi connectivity index (χ4v) is 1.27. The molecule has 2 rings (SSSR count). The van der Waals surface area contributed by atoms with Gasteiger partial charge in [-0.15, -0.1) is 0 Å². The molecule has 0 aliphatic carbocycles. The van der Waals surface area contributed by atoms with Crippen molar-refractivity contribution in [3.05, 3.63) is 35.8 Å². The molecule has 0 aliphatic heterocycles. The monoisotopic (exact) mass is 192 g/mol. The van der Waals surface area contributed by atoms with Gasteiger partial charge in [0.25, 0.3) is 6.01 Å². The molecule has 1 aromatic heterocycles. The van der Waals surface area contributed by atoms with E-state index < -0.39 is 0 Å². The predicted octanol–water partition coefficient (Wildman–Crippen LogP) is 2.37. The lowest BCUT2D eigenvalue weighted by Gasteiger charge is -2.00. The highest BCUT2D eigenvalue weighted by Crippen LogP contribution is 2.25. The van der Waals surface area contributed by atoms with Gasteiger partial charge in [0, 0.05) is 5.56 Å². The van der Waals surface area contributed by atoms with E-state index >= 15 is 0 Å². The molecule has 14 heavy (non-hydrogen) atoms. The number of nitrogens with two attached hydrogens (primary N) is 1. The molecule has 0 saturated carbocycles. The lowest BCUT2D eigenvalue weighted by Crippen LogP contribution is -1.83. The molecule has 2 N–H and O–H groups in total. The summed E-state index contributed by atoms with van der Waals surface area (Å²) in [5.74, 6) is 0.181. The van der Waals surface area contributed by atoms with Crippen molar-refractivity contribution in [1.29, 1.82) is 0 Å².